The van der Waals surface area contributed by atoms with Crippen molar-refractivity contribution in [2.45, 2.75) is 18.6 Å². The lowest BCUT2D eigenvalue weighted by Crippen LogP contribution is -2.24. The van der Waals surface area contributed by atoms with Gasteiger partial charge in [-0.15, -0.1) is 0 Å². The van der Waals surface area contributed by atoms with Gasteiger partial charge in [0, 0.05) is 6.07 Å². The standard InChI is InChI=1S/C23H18ClN3O5S/c1-13-4-5-17(16(24)7-13)25-21(28)11-33-23-26-18-9-20-19(31-12-32-20)8-15(18)22(29)27(23)10-14-3-2-6-30-14/h2-9H,10-12H2,1H3,(H,25,28). The zero-order chi connectivity index (χ0) is 22.9. The van der Waals surface area contributed by atoms with E-state index in [1.807, 2.05) is 13.0 Å². The summed E-state index contributed by atoms with van der Waals surface area (Å²) in [5, 5.41) is 4.03. The van der Waals surface area contributed by atoms with E-state index in [0.717, 1.165) is 17.3 Å². The van der Waals surface area contributed by atoms with Crippen molar-refractivity contribution in [2.24, 2.45) is 0 Å². The van der Waals surface area contributed by atoms with Crippen LogP contribution in [0.3, 0.4) is 0 Å². The first-order valence-electron chi connectivity index (χ1n) is 10.0. The fourth-order valence-electron chi connectivity index (χ4n) is 3.44. The van der Waals surface area contributed by atoms with E-state index >= 15 is 0 Å². The summed E-state index contributed by atoms with van der Waals surface area (Å²) < 4.78 is 17.7. The second-order valence-corrected chi connectivity index (χ2v) is 8.76. The van der Waals surface area contributed by atoms with Crippen LogP contribution in [-0.4, -0.2) is 28.0 Å². The summed E-state index contributed by atoms with van der Waals surface area (Å²) in [6.45, 7) is 2.19. The summed E-state index contributed by atoms with van der Waals surface area (Å²) >= 11 is 7.37. The average Bonchev–Trinajstić information content (AvgIpc) is 3.47. The number of thioether (sulfide) groups is 1. The second kappa shape index (κ2) is 8.84. The zero-order valence-electron chi connectivity index (χ0n) is 17.5. The lowest BCUT2D eigenvalue weighted by Gasteiger charge is -2.13. The minimum atomic E-state index is -0.268. The van der Waals surface area contributed by atoms with Crippen molar-refractivity contribution in [3.8, 4) is 11.5 Å². The molecule has 0 fully saturated rings. The molecule has 2 aromatic heterocycles. The van der Waals surface area contributed by atoms with Gasteiger partial charge in [-0.1, -0.05) is 29.4 Å². The molecule has 0 radical (unpaired) electrons. The van der Waals surface area contributed by atoms with Crippen molar-refractivity contribution in [2.75, 3.05) is 17.9 Å². The average molecular weight is 484 g/mol. The number of carbonyl (C=O) groups is 1. The van der Waals surface area contributed by atoms with Crippen LogP contribution in [0.1, 0.15) is 11.3 Å². The third-order valence-corrected chi connectivity index (χ3v) is 6.33. The number of hydrogen-bond acceptors (Lipinski definition) is 7. The van der Waals surface area contributed by atoms with Crippen LogP contribution in [0.4, 0.5) is 5.69 Å². The van der Waals surface area contributed by atoms with E-state index < -0.39 is 0 Å². The van der Waals surface area contributed by atoms with Crippen LogP contribution in [0.2, 0.25) is 5.02 Å². The number of anilines is 1. The molecule has 0 saturated heterocycles. The number of carbonyl (C=O) groups excluding carboxylic acids is 1. The molecule has 168 valence electrons. The third kappa shape index (κ3) is 4.42. The topological polar surface area (TPSA) is 95.6 Å². The van der Waals surface area contributed by atoms with Gasteiger partial charge in [-0.2, -0.15) is 0 Å². The number of benzene rings is 2. The fourth-order valence-corrected chi connectivity index (χ4v) is 4.52. The highest BCUT2D eigenvalue weighted by molar-refractivity contribution is 7.99. The van der Waals surface area contributed by atoms with E-state index in [-0.39, 0.29) is 30.6 Å². The fraction of sp³-hybridized carbons (Fsp3) is 0.174. The Morgan fingerprint density at radius 2 is 2.03 bits per heavy atom. The smallest absolute Gasteiger partial charge is 0.262 e. The minimum absolute atomic E-state index is 0.0326. The first-order chi connectivity index (χ1) is 16.0. The molecule has 10 heteroatoms. The number of ether oxygens (including phenoxy) is 2. The maximum absolute atomic E-state index is 13.3. The van der Waals surface area contributed by atoms with Crippen LogP contribution >= 0.6 is 23.4 Å². The Kier molecular flexibility index (Phi) is 5.74. The monoisotopic (exact) mass is 483 g/mol. The van der Waals surface area contributed by atoms with Gasteiger partial charge in [0.15, 0.2) is 16.7 Å². The number of amides is 1. The molecular weight excluding hydrogens is 466 g/mol. The molecule has 0 saturated carbocycles. The number of halogens is 1. The van der Waals surface area contributed by atoms with E-state index in [4.69, 9.17) is 25.5 Å². The predicted octanol–water partition coefficient (Wildman–Crippen LogP) is 4.46. The Morgan fingerprint density at radius 3 is 2.79 bits per heavy atom. The molecule has 0 unspecified atom stereocenters. The molecule has 0 aliphatic carbocycles. The molecule has 1 N–H and O–H groups in total. The lowest BCUT2D eigenvalue weighted by molar-refractivity contribution is -0.113. The van der Waals surface area contributed by atoms with E-state index in [1.54, 1.807) is 42.7 Å². The molecule has 1 amide bonds. The van der Waals surface area contributed by atoms with Gasteiger partial charge in [-0.25, -0.2) is 4.98 Å². The second-order valence-electron chi connectivity index (χ2n) is 7.41. The largest absolute Gasteiger partial charge is 0.467 e. The molecule has 0 spiro atoms. The number of fused-ring (bicyclic) bond motifs is 2. The Balaban J connectivity index is 1.45. The highest BCUT2D eigenvalue weighted by Crippen LogP contribution is 2.35. The number of rotatable bonds is 6. The Morgan fingerprint density at radius 1 is 1.21 bits per heavy atom. The highest BCUT2D eigenvalue weighted by Gasteiger charge is 2.20. The molecule has 5 rings (SSSR count). The minimum Gasteiger partial charge on any atom is -0.467 e. The van der Waals surface area contributed by atoms with Gasteiger partial charge in [0.1, 0.15) is 5.76 Å². The molecule has 0 atom stereocenters. The van der Waals surface area contributed by atoms with E-state index in [0.29, 0.717) is 44.0 Å². The van der Waals surface area contributed by atoms with Gasteiger partial charge in [-0.05, 0) is 42.8 Å². The van der Waals surface area contributed by atoms with Crippen molar-refractivity contribution in [1.29, 1.82) is 0 Å². The number of furan rings is 1. The van der Waals surface area contributed by atoms with E-state index in [1.165, 1.54) is 4.57 Å². The van der Waals surface area contributed by atoms with Crippen molar-refractivity contribution >= 4 is 45.9 Å². The number of aryl methyl sites for hydroxylation is 1. The normalized spacial score (nSPS) is 12.3. The van der Waals surface area contributed by atoms with Crippen molar-refractivity contribution in [3.05, 3.63) is 75.4 Å². The third-order valence-electron chi connectivity index (χ3n) is 5.04. The van der Waals surface area contributed by atoms with E-state index in [9.17, 15) is 9.59 Å². The maximum atomic E-state index is 13.3. The summed E-state index contributed by atoms with van der Waals surface area (Å²) in [6.07, 6.45) is 1.54. The molecule has 0 bridgehead atoms. The number of nitrogens with one attached hydrogen (secondary N) is 1. The Labute approximate surface area is 197 Å². The first-order valence-corrected chi connectivity index (χ1v) is 11.4. The molecule has 1 aliphatic rings. The van der Waals surface area contributed by atoms with Crippen LogP contribution < -0.4 is 20.3 Å². The molecule has 2 aromatic carbocycles. The van der Waals surface area contributed by atoms with Gasteiger partial charge in [0.05, 0.1) is 40.2 Å². The van der Waals surface area contributed by atoms with Crippen LogP contribution in [-0.2, 0) is 11.3 Å². The molecular formula is C23H18ClN3O5S. The summed E-state index contributed by atoms with van der Waals surface area (Å²) in [5.41, 5.74) is 1.72. The summed E-state index contributed by atoms with van der Waals surface area (Å²) in [6, 6.07) is 12.2. The lowest BCUT2D eigenvalue weighted by atomic mass is 10.2. The Hall–Kier alpha value is -3.43. The maximum Gasteiger partial charge on any atom is 0.262 e. The Bertz CT molecular complexity index is 1420. The van der Waals surface area contributed by atoms with Gasteiger partial charge in [0.2, 0.25) is 12.7 Å². The quantitative estimate of drug-likeness (QED) is 0.319. The summed E-state index contributed by atoms with van der Waals surface area (Å²) in [5.74, 6) is 1.39. The highest BCUT2D eigenvalue weighted by atomic mass is 35.5. The molecule has 33 heavy (non-hydrogen) atoms. The van der Waals surface area contributed by atoms with Crippen molar-refractivity contribution in [1.82, 2.24) is 9.55 Å². The van der Waals surface area contributed by atoms with Gasteiger partial charge >= 0.3 is 0 Å². The molecule has 4 aromatic rings. The van der Waals surface area contributed by atoms with Crippen molar-refractivity contribution < 1.29 is 18.7 Å². The zero-order valence-corrected chi connectivity index (χ0v) is 19.0. The van der Waals surface area contributed by atoms with Crippen molar-refractivity contribution in [3.63, 3.8) is 0 Å². The molecule has 1 aliphatic heterocycles. The molecule has 8 nitrogen and oxygen atoms in total. The SMILES string of the molecule is Cc1ccc(NC(=O)CSc2nc3cc4c(cc3c(=O)n2Cc2ccco2)OCO4)c(Cl)c1. The van der Waals surface area contributed by atoms with Crippen LogP contribution in [0.15, 0.2) is 63.1 Å². The van der Waals surface area contributed by atoms with Gasteiger partial charge < -0.3 is 19.2 Å². The number of hydrogen-bond donors (Lipinski definition) is 1. The van der Waals surface area contributed by atoms with Crippen LogP contribution in [0.5, 0.6) is 11.5 Å². The first kappa shape index (κ1) is 21.4. The van der Waals surface area contributed by atoms with Gasteiger partial charge in [0.25, 0.3) is 5.56 Å². The predicted molar refractivity (Wildman–Crippen MR) is 125 cm³/mol. The van der Waals surface area contributed by atoms with Crippen LogP contribution in [0, 0.1) is 6.92 Å². The van der Waals surface area contributed by atoms with E-state index in [2.05, 4.69) is 10.3 Å². The summed E-state index contributed by atoms with van der Waals surface area (Å²) in [7, 11) is 0. The number of nitrogens with zero attached hydrogens (tertiary/aromatic N) is 2. The number of aromatic nitrogens is 2. The summed E-state index contributed by atoms with van der Waals surface area (Å²) in [4.78, 5) is 30.6. The van der Waals surface area contributed by atoms with Crippen LogP contribution in [0.25, 0.3) is 10.9 Å². The molecule has 3 heterocycles. The van der Waals surface area contributed by atoms with Gasteiger partial charge in [-0.3, -0.25) is 14.2 Å².